The number of guanidine groups is 1. The fraction of sp³-hybridized carbons (Fsp3) is 0.909. The molecule has 2 N–H and O–H groups in total. The molecule has 1 unspecified atom stereocenters. The zero-order chi connectivity index (χ0) is 11.1. The Hall–Kier alpha value is -0.0400. The van der Waals surface area contributed by atoms with Crippen molar-refractivity contribution in [3.63, 3.8) is 0 Å². The van der Waals surface area contributed by atoms with E-state index in [2.05, 4.69) is 29.5 Å². The summed E-state index contributed by atoms with van der Waals surface area (Å²) in [5.74, 6) is 0.869. The molecule has 1 saturated heterocycles. The summed E-state index contributed by atoms with van der Waals surface area (Å²) in [5.41, 5.74) is -0.0101. The normalized spacial score (nSPS) is 25.1. The molecule has 1 rings (SSSR count). The molecule has 0 saturated carbocycles. The number of nitrogens with one attached hydrogen (secondary N) is 2. The highest BCUT2D eigenvalue weighted by atomic mass is 127. The summed E-state index contributed by atoms with van der Waals surface area (Å²) in [6, 6.07) is 0. The molecule has 5 heteroatoms. The van der Waals surface area contributed by atoms with Gasteiger partial charge in [-0.25, -0.2) is 0 Å². The van der Waals surface area contributed by atoms with Gasteiger partial charge in [0.05, 0.1) is 5.60 Å². The summed E-state index contributed by atoms with van der Waals surface area (Å²) >= 11 is 0. The molecular weight excluding hydrogens is 317 g/mol. The zero-order valence-electron chi connectivity index (χ0n) is 10.5. The minimum atomic E-state index is -0.0101. The van der Waals surface area contributed by atoms with E-state index < -0.39 is 0 Å². The molecule has 1 aliphatic heterocycles. The van der Waals surface area contributed by atoms with Gasteiger partial charge in [0.2, 0.25) is 0 Å². The Morgan fingerprint density at radius 1 is 1.44 bits per heavy atom. The van der Waals surface area contributed by atoms with Crippen LogP contribution in [0.5, 0.6) is 0 Å². The number of hydrogen-bond acceptors (Lipinski definition) is 2. The Bertz CT molecular complexity index is 215. The zero-order valence-corrected chi connectivity index (χ0v) is 12.8. The first-order valence-corrected chi connectivity index (χ1v) is 5.78. The van der Waals surface area contributed by atoms with Crippen molar-refractivity contribution in [1.29, 1.82) is 0 Å². The van der Waals surface area contributed by atoms with Crippen molar-refractivity contribution < 1.29 is 4.74 Å². The van der Waals surface area contributed by atoms with Gasteiger partial charge in [-0.05, 0) is 26.2 Å². The van der Waals surface area contributed by atoms with Gasteiger partial charge in [0.1, 0.15) is 0 Å². The smallest absolute Gasteiger partial charge is 0.191 e. The Labute approximate surface area is 116 Å². The Morgan fingerprint density at radius 2 is 2.19 bits per heavy atom. The van der Waals surface area contributed by atoms with Crippen molar-refractivity contribution in [3.05, 3.63) is 0 Å². The summed E-state index contributed by atoms with van der Waals surface area (Å²) in [4.78, 5) is 4.16. The summed E-state index contributed by atoms with van der Waals surface area (Å²) in [6.45, 7) is 6.97. The number of ether oxygens (including phenoxy) is 1. The van der Waals surface area contributed by atoms with E-state index in [4.69, 9.17) is 4.74 Å². The van der Waals surface area contributed by atoms with Crippen LogP contribution < -0.4 is 10.6 Å². The molecule has 0 aromatic carbocycles. The van der Waals surface area contributed by atoms with Gasteiger partial charge < -0.3 is 15.4 Å². The second kappa shape index (κ2) is 8.11. The largest absolute Gasteiger partial charge is 0.373 e. The number of hydrogen-bond donors (Lipinski definition) is 2. The molecule has 0 radical (unpaired) electrons. The van der Waals surface area contributed by atoms with Crippen LogP contribution in [0, 0.1) is 0 Å². The first-order chi connectivity index (χ1) is 7.20. The molecule has 0 aromatic rings. The maximum atomic E-state index is 5.69. The van der Waals surface area contributed by atoms with Crippen LogP contribution in [-0.2, 0) is 4.74 Å². The summed E-state index contributed by atoms with van der Waals surface area (Å²) in [7, 11) is 1.79. The van der Waals surface area contributed by atoms with E-state index in [1.165, 1.54) is 6.42 Å². The lowest BCUT2D eigenvalue weighted by Gasteiger charge is -2.24. The fourth-order valence-corrected chi connectivity index (χ4v) is 1.71. The molecule has 0 aromatic heterocycles. The molecule has 0 bridgehead atoms. The lowest BCUT2D eigenvalue weighted by molar-refractivity contribution is 0.0243. The molecule has 16 heavy (non-hydrogen) atoms. The van der Waals surface area contributed by atoms with Gasteiger partial charge >= 0.3 is 0 Å². The Kier molecular flexibility index (Phi) is 8.09. The van der Waals surface area contributed by atoms with Crippen LogP contribution in [0.25, 0.3) is 0 Å². The van der Waals surface area contributed by atoms with Crippen LogP contribution in [0.3, 0.4) is 0 Å². The molecule has 1 heterocycles. The summed E-state index contributed by atoms with van der Waals surface area (Å²) < 4.78 is 5.69. The van der Waals surface area contributed by atoms with Crippen LogP contribution in [0.1, 0.15) is 33.1 Å². The molecule has 1 aliphatic rings. The van der Waals surface area contributed by atoms with Crippen LogP contribution in [0.2, 0.25) is 0 Å². The van der Waals surface area contributed by atoms with Crippen molar-refractivity contribution >= 4 is 29.9 Å². The van der Waals surface area contributed by atoms with Gasteiger partial charge in [0.25, 0.3) is 0 Å². The van der Waals surface area contributed by atoms with E-state index in [0.717, 1.165) is 38.5 Å². The second-order valence-electron chi connectivity index (χ2n) is 4.25. The average Bonchev–Trinajstić information content (AvgIpc) is 2.66. The van der Waals surface area contributed by atoms with E-state index in [1.54, 1.807) is 7.05 Å². The maximum absolute atomic E-state index is 5.69. The van der Waals surface area contributed by atoms with Crippen molar-refractivity contribution in [1.82, 2.24) is 10.6 Å². The third kappa shape index (κ3) is 5.34. The van der Waals surface area contributed by atoms with Crippen molar-refractivity contribution in [3.8, 4) is 0 Å². The van der Waals surface area contributed by atoms with E-state index in [1.807, 2.05) is 0 Å². The third-order valence-corrected chi connectivity index (χ3v) is 2.70. The minimum Gasteiger partial charge on any atom is -0.373 e. The van der Waals surface area contributed by atoms with Gasteiger partial charge in [0.15, 0.2) is 5.96 Å². The van der Waals surface area contributed by atoms with Crippen LogP contribution in [0.4, 0.5) is 0 Å². The third-order valence-electron chi connectivity index (χ3n) is 2.70. The molecule has 96 valence electrons. The van der Waals surface area contributed by atoms with E-state index >= 15 is 0 Å². The van der Waals surface area contributed by atoms with Gasteiger partial charge in [0, 0.05) is 26.7 Å². The lowest BCUT2D eigenvalue weighted by atomic mass is 10.0. The molecule has 0 amide bonds. The van der Waals surface area contributed by atoms with Crippen molar-refractivity contribution in [2.24, 2.45) is 4.99 Å². The Morgan fingerprint density at radius 3 is 2.69 bits per heavy atom. The van der Waals surface area contributed by atoms with E-state index in [9.17, 15) is 0 Å². The fourth-order valence-electron chi connectivity index (χ4n) is 1.71. The quantitative estimate of drug-likeness (QED) is 0.465. The van der Waals surface area contributed by atoms with Crippen molar-refractivity contribution in [2.45, 2.75) is 38.7 Å². The first kappa shape index (κ1) is 16.0. The monoisotopic (exact) mass is 341 g/mol. The predicted molar refractivity (Wildman–Crippen MR) is 78.7 cm³/mol. The number of aliphatic imine (C=N–C) groups is 1. The van der Waals surface area contributed by atoms with Crippen LogP contribution in [0.15, 0.2) is 4.99 Å². The molecular formula is C11H24IN3O. The molecule has 1 atom stereocenters. The van der Waals surface area contributed by atoms with Gasteiger partial charge in [-0.3, -0.25) is 4.99 Å². The summed E-state index contributed by atoms with van der Waals surface area (Å²) in [5, 5.41) is 6.54. The van der Waals surface area contributed by atoms with Crippen molar-refractivity contribution in [2.75, 3.05) is 26.7 Å². The van der Waals surface area contributed by atoms with Crippen LogP contribution in [-0.4, -0.2) is 38.3 Å². The predicted octanol–water partition coefficient (Wildman–Crippen LogP) is 1.75. The summed E-state index contributed by atoms with van der Waals surface area (Å²) in [6.07, 6.45) is 3.40. The second-order valence-corrected chi connectivity index (χ2v) is 4.25. The minimum absolute atomic E-state index is 0. The van der Waals surface area contributed by atoms with E-state index in [-0.39, 0.29) is 29.6 Å². The van der Waals surface area contributed by atoms with Gasteiger partial charge in [-0.15, -0.1) is 24.0 Å². The molecule has 4 nitrogen and oxygen atoms in total. The molecule has 0 spiro atoms. The number of nitrogens with zero attached hydrogens (tertiary/aromatic N) is 1. The van der Waals surface area contributed by atoms with Crippen LogP contribution >= 0.6 is 24.0 Å². The lowest BCUT2D eigenvalue weighted by Crippen LogP contribution is -2.45. The van der Waals surface area contributed by atoms with E-state index in [0.29, 0.717) is 0 Å². The topological polar surface area (TPSA) is 45.7 Å². The highest BCUT2D eigenvalue weighted by molar-refractivity contribution is 14.0. The highest BCUT2D eigenvalue weighted by Gasteiger charge is 2.29. The highest BCUT2D eigenvalue weighted by Crippen LogP contribution is 2.23. The molecule has 0 aliphatic carbocycles. The Balaban J connectivity index is 0.00000225. The SMILES string of the molecule is CCCNC(=NC)NCC1(C)CCCO1.I. The van der Waals surface area contributed by atoms with Gasteiger partial charge in [-0.1, -0.05) is 6.92 Å². The standard InChI is InChI=1S/C11H23N3O.HI/c1-4-7-13-10(12-3)14-9-11(2)6-5-8-15-11;/h4-9H2,1-3H3,(H2,12,13,14);1H. The number of rotatable bonds is 4. The van der Waals surface area contributed by atoms with Gasteiger partial charge in [-0.2, -0.15) is 0 Å². The first-order valence-electron chi connectivity index (χ1n) is 5.78. The average molecular weight is 341 g/mol. The maximum Gasteiger partial charge on any atom is 0.191 e. The molecule has 1 fully saturated rings. The number of halogens is 1.